The minimum absolute atomic E-state index is 0.126. The van der Waals surface area contributed by atoms with Crippen molar-refractivity contribution in [3.8, 4) is 10.8 Å². The number of carbonyl (C=O) groups is 1. The van der Waals surface area contributed by atoms with Crippen LogP contribution in [-0.4, -0.2) is 10.8 Å². The molecule has 0 bridgehead atoms. The number of carbonyl (C=O) groups excluding carboxylic acids is 1. The highest BCUT2D eigenvalue weighted by molar-refractivity contribution is 7.13. The maximum Gasteiger partial charge on any atom is 0.162 e. The van der Waals surface area contributed by atoms with Crippen LogP contribution in [0.1, 0.15) is 12.6 Å². The molecule has 4 heteroatoms. The molecule has 0 saturated carbocycles. The third kappa shape index (κ3) is 1.90. The Labute approximate surface area is 85.4 Å². The molecule has 2 aromatic rings. The monoisotopic (exact) mass is 207 g/mol. The van der Waals surface area contributed by atoms with Crippen molar-refractivity contribution >= 4 is 17.1 Å². The fourth-order valence-electron chi connectivity index (χ4n) is 1.16. The maximum absolute atomic E-state index is 10.9. The summed E-state index contributed by atoms with van der Waals surface area (Å²) in [5.41, 5.74) is 0.814. The highest BCUT2D eigenvalue weighted by Gasteiger charge is 2.07. The van der Waals surface area contributed by atoms with Crippen LogP contribution in [0.2, 0.25) is 0 Å². The molecule has 0 saturated heterocycles. The summed E-state index contributed by atoms with van der Waals surface area (Å²) < 4.78 is 5.20. The number of thiazole rings is 1. The number of furan rings is 1. The number of nitrogens with zero attached hydrogens (tertiary/aromatic N) is 1. The van der Waals surface area contributed by atoms with Gasteiger partial charge in [0.2, 0.25) is 0 Å². The van der Waals surface area contributed by atoms with Crippen LogP contribution in [0.25, 0.3) is 10.8 Å². The van der Waals surface area contributed by atoms with Gasteiger partial charge in [-0.25, -0.2) is 4.98 Å². The molecule has 0 aliphatic rings. The molecule has 0 amide bonds. The Morgan fingerprint density at radius 2 is 2.50 bits per heavy atom. The first-order valence-corrected chi connectivity index (χ1v) is 5.11. The molecule has 72 valence electrons. The molecule has 0 aliphatic carbocycles. The summed E-state index contributed by atoms with van der Waals surface area (Å²) >= 11 is 1.49. The number of Topliss-reactive ketones (excluding diaryl/α,β-unsaturated/α-hetero) is 1. The standard InChI is InChI=1S/C10H9NO2S/c1-7(12)5-8-6-14-10(11-8)9-3-2-4-13-9/h2-4,6H,5H2,1H3. The first-order valence-electron chi connectivity index (χ1n) is 4.23. The van der Waals surface area contributed by atoms with Gasteiger partial charge in [-0.1, -0.05) is 0 Å². The van der Waals surface area contributed by atoms with Crippen LogP contribution in [0.4, 0.5) is 0 Å². The highest BCUT2D eigenvalue weighted by atomic mass is 32.1. The Morgan fingerprint density at radius 1 is 1.64 bits per heavy atom. The largest absolute Gasteiger partial charge is 0.462 e. The molecule has 0 spiro atoms. The fraction of sp³-hybridized carbons (Fsp3) is 0.200. The van der Waals surface area contributed by atoms with E-state index in [-0.39, 0.29) is 5.78 Å². The molecule has 3 nitrogen and oxygen atoms in total. The third-order valence-corrected chi connectivity index (χ3v) is 2.62. The molecule has 0 fully saturated rings. The van der Waals surface area contributed by atoms with Crippen molar-refractivity contribution in [1.29, 1.82) is 0 Å². The Bertz CT molecular complexity index is 431. The van der Waals surface area contributed by atoms with Crippen molar-refractivity contribution in [1.82, 2.24) is 4.98 Å². The van der Waals surface area contributed by atoms with Crippen LogP contribution in [0.5, 0.6) is 0 Å². The van der Waals surface area contributed by atoms with Gasteiger partial charge in [-0.15, -0.1) is 11.3 Å². The topological polar surface area (TPSA) is 43.1 Å². The second-order valence-corrected chi connectivity index (χ2v) is 3.86. The Balaban J connectivity index is 2.22. The maximum atomic E-state index is 10.9. The average Bonchev–Trinajstić information content (AvgIpc) is 2.69. The lowest BCUT2D eigenvalue weighted by molar-refractivity contribution is -0.116. The van der Waals surface area contributed by atoms with Gasteiger partial charge in [-0.3, -0.25) is 4.79 Å². The molecule has 0 atom stereocenters. The van der Waals surface area contributed by atoms with Crippen LogP contribution in [0.3, 0.4) is 0 Å². The van der Waals surface area contributed by atoms with E-state index in [9.17, 15) is 4.79 Å². The van der Waals surface area contributed by atoms with E-state index in [2.05, 4.69) is 4.98 Å². The molecule has 0 aliphatic heterocycles. The van der Waals surface area contributed by atoms with Crippen LogP contribution in [-0.2, 0) is 11.2 Å². The molecule has 2 rings (SSSR count). The van der Waals surface area contributed by atoms with Gasteiger partial charge < -0.3 is 4.42 Å². The number of hydrogen-bond donors (Lipinski definition) is 0. The fourth-order valence-corrected chi connectivity index (χ4v) is 1.94. The number of rotatable bonds is 3. The molecule has 0 unspecified atom stereocenters. The summed E-state index contributed by atoms with van der Waals surface area (Å²) in [6.45, 7) is 1.56. The molecule has 2 heterocycles. The smallest absolute Gasteiger partial charge is 0.162 e. The van der Waals surface area contributed by atoms with E-state index in [1.807, 2.05) is 17.5 Å². The normalized spacial score (nSPS) is 10.4. The molecule has 2 aromatic heterocycles. The van der Waals surface area contributed by atoms with E-state index >= 15 is 0 Å². The SMILES string of the molecule is CC(=O)Cc1csc(-c2ccco2)n1. The van der Waals surface area contributed by atoms with Gasteiger partial charge in [0, 0.05) is 11.8 Å². The molecule has 0 N–H and O–H groups in total. The van der Waals surface area contributed by atoms with E-state index in [0.29, 0.717) is 6.42 Å². The molecule has 0 radical (unpaired) electrons. The van der Waals surface area contributed by atoms with Gasteiger partial charge in [-0.05, 0) is 19.1 Å². The lowest BCUT2D eigenvalue weighted by Gasteiger charge is -1.88. The lowest BCUT2D eigenvalue weighted by Crippen LogP contribution is -1.95. The predicted molar refractivity (Wildman–Crippen MR) is 54.2 cm³/mol. The third-order valence-electron chi connectivity index (χ3n) is 1.71. The molecular weight excluding hydrogens is 198 g/mol. The Kier molecular flexibility index (Phi) is 2.45. The summed E-state index contributed by atoms with van der Waals surface area (Å²) in [5, 5.41) is 2.71. The zero-order chi connectivity index (χ0) is 9.97. The zero-order valence-electron chi connectivity index (χ0n) is 7.69. The second kappa shape index (κ2) is 3.75. The van der Waals surface area contributed by atoms with Crippen molar-refractivity contribution in [2.24, 2.45) is 0 Å². The van der Waals surface area contributed by atoms with Gasteiger partial charge in [0.05, 0.1) is 12.0 Å². The summed E-state index contributed by atoms with van der Waals surface area (Å²) in [7, 11) is 0. The van der Waals surface area contributed by atoms with Gasteiger partial charge in [-0.2, -0.15) is 0 Å². The van der Waals surface area contributed by atoms with Crippen molar-refractivity contribution in [2.75, 3.05) is 0 Å². The average molecular weight is 207 g/mol. The van der Waals surface area contributed by atoms with Crippen LogP contribution in [0.15, 0.2) is 28.2 Å². The Hall–Kier alpha value is -1.42. The molecule has 14 heavy (non-hydrogen) atoms. The summed E-state index contributed by atoms with van der Waals surface area (Å²) in [4.78, 5) is 15.1. The van der Waals surface area contributed by atoms with Crippen molar-refractivity contribution in [3.63, 3.8) is 0 Å². The lowest BCUT2D eigenvalue weighted by atomic mass is 10.2. The van der Waals surface area contributed by atoms with Gasteiger partial charge >= 0.3 is 0 Å². The van der Waals surface area contributed by atoms with E-state index in [4.69, 9.17) is 4.42 Å². The molecular formula is C10H9NO2S. The van der Waals surface area contributed by atoms with Gasteiger partial charge in [0.1, 0.15) is 5.78 Å². The van der Waals surface area contributed by atoms with Gasteiger partial charge in [0.15, 0.2) is 10.8 Å². The predicted octanol–water partition coefficient (Wildman–Crippen LogP) is 2.53. The van der Waals surface area contributed by atoms with E-state index in [1.165, 1.54) is 11.3 Å². The molecule has 0 aromatic carbocycles. The first kappa shape index (κ1) is 9.15. The van der Waals surface area contributed by atoms with Crippen LogP contribution >= 0.6 is 11.3 Å². The zero-order valence-corrected chi connectivity index (χ0v) is 8.50. The van der Waals surface area contributed by atoms with E-state index in [1.54, 1.807) is 13.2 Å². The van der Waals surface area contributed by atoms with Crippen molar-refractivity contribution in [3.05, 3.63) is 29.5 Å². The van der Waals surface area contributed by atoms with Crippen LogP contribution in [0, 0.1) is 0 Å². The number of ketones is 1. The van der Waals surface area contributed by atoms with Crippen molar-refractivity contribution in [2.45, 2.75) is 13.3 Å². The number of hydrogen-bond acceptors (Lipinski definition) is 4. The highest BCUT2D eigenvalue weighted by Crippen LogP contribution is 2.23. The number of aromatic nitrogens is 1. The summed E-state index contributed by atoms with van der Waals surface area (Å²) in [6.07, 6.45) is 2.01. The summed E-state index contributed by atoms with van der Waals surface area (Å²) in [6, 6.07) is 3.68. The Morgan fingerprint density at radius 3 is 3.14 bits per heavy atom. The van der Waals surface area contributed by atoms with Gasteiger partial charge in [0.25, 0.3) is 0 Å². The second-order valence-electron chi connectivity index (χ2n) is 3.00. The van der Waals surface area contributed by atoms with Crippen LogP contribution < -0.4 is 0 Å². The summed E-state index contributed by atoms with van der Waals surface area (Å²) in [5.74, 6) is 0.881. The first-order chi connectivity index (χ1) is 6.75. The van der Waals surface area contributed by atoms with E-state index < -0.39 is 0 Å². The minimum Gasteiger partial charge on any atom is -0.462 e. The minimum atomic E-state index is 0.126. The van der Waals surface area contributed by atoms with Crippen molar-refractivity contribution < 1.29 is 9.21 Å². The van der Waals surface area contributed by atoms with E-state index in [0.717, 1.165) is 16.5 Å². The quantitative estimate of drug-likeness (QED) is 0.776.